The number of fused-ring (bicyclic) bond motifs is 1. The number of amides is 1. The van der Waals surface area contributed by atoms with Gasteiger partial charge in [-0.15, -0.1) is 0 Å². The van der Waals surface area contributed by atoms with Gasteiger partial charge in [-0.25, -0.2) is 0 Å². The van der Waals surface area contributed by atoms with E-state index < -0.39 is 0 Å². The van der Waals surface area contributed by atoms with Crippen molar-refractivity contribution in [2.45, 2.75) is 57.6 Å². The first-order valence-corrected chi connectivity index (χ1v) is 15.1. The lowest BCUT2D eigenvalue weighted by Crippen LogP contribution is -2.48. The lowest BCUT2D eigenvalue weighted by molar-refractivity contribution is -0.384. The molecular formula is C33H34N4O3S. The predicted molar refractivity (Wildman–Crippen MR) is 167 cm³/mol. The van der Waals surface area contributed by atoms with Crippen LogP contribution in [0.3, 0.4) is 0 Å². The number of rotatable bonds is 7. The van der Waals surface area contributed by atoms with E-state index in [0.29, 0.717) is 12.5 Å². The van der Waals surface area contributed by atoms with E-state index in [1.54, 1.807) is 23.9 Å². The molecule has 7 nitrogen and oxygen atoms in total. The summed E-state index contributed by atoms with van der Waals surface area (Å²) in [5, 5.41) is 15.8. The highest BCUT2D eigenvalue weighted by atomic mass is 32.2. The van der Waals surface area contributed by atoms with Gasteiger partial charge in [-0.1, -0.05) is 80.1 Å². The van der Waals surface area contributed by atoms with Crippen molar-refractivity contribution in [1.29, 1.82) is 0 Å². The number of nitro benzene ring substituents is 1. The van der Waals surface area contributed by atoms with Crippen molar-refractivity contribution in [2.24, 2.45) is 5.92 Å². The Bertz CT molecular complexity index is 1610. The van der Waals surface area contributed by atoms with Crippen LogP contribution in [0.25, 0.3) is 17.0 Å². The average molecular weight is 567 g/mol. The Hall–Kier alpha value is -4.04. The van der Waals surface area contributed by atoms with E-state index in [1.165, 1.54) is 6.42 Å². The highest BCUT2D eigenvalue weighted by Gasteiger charge is 2.43. The number of aromatic nitrogens is 1. The van der Waals surface area contributed by atoms with E-state index in [9.17, 15) is 14.9 Å². The first-order valence-electron chi connectivity index (χ1n) is 14.2. The molecule has 0 radical (unpaired) electrons. The third-order valence-corrected chi connectivity index (χ3v) is 9.58. The minimum Gasteiger partial charge on any atom is -0.356 e. The Kier molecular flexibility index (Phi) is 7.58. The van der Waals surface area contributed by atoms with Crippen molar-refractivity contribution in [3.05, 3.63) is 111 Å². The Morgan fingerprint density at radius 3 is 2.44 bits per heavy atom. The molecule has 0 bridgehead atoms. The molecule has 6 rings (SSSR count). The van der Waals surface area contributed by atoms with E-state index in [4.69, 9.17) is 0 Å². The number of nitro groups is 1. The number of hydrogen-bond donors (Lipinski definition) is 1. The van der Waals surface area contributed by atoms with Crippen molar-refractivity contribution in [2.75, 3.05) is 5.32 Å². The van der Waals surface area contributed by atoms with Crippen molar-refractivity contribution in [3.63, 3.8) is 0 Å². The maximum absolute atomic E-state index is 14.1. The monoisotopic (exact) mass is 566 g/mol. The quantitative estimate of drug-likeness (QED) is 0.140. The molecule has 2 aliphatic rings. The summed E-state index contributed by atoms with van der Waals surface area (Å²) in [6.45, 7) is 4.94. The zero-order valence-corrected chi connectivity index (χ0v) is 24.1. The number of benzene rings is 3. The number of carbonyl (C=O) groups excluding carboxylic acids is 1. The minimum absolute atomic E-state index is 0.0838. The number of para-hydroxylation sites is 2. The molecule has 1 saturated heterocycles. The van der Waals surface area contributed by atoms with E-state index in [0.717, 1.165) is 57.6 Å². The largest absolute Gasteiger partial charge is 0.356 e. The van der Waals surface area contributed by atoms with Gasteiger partial charge in [-0.3, -0.25) is 14.9 Å². The van der Waals surface area contributed by atoms with Crippen LogP contribution >= 0.6 is 11.8 Å². The zero-order chi connectivity index (χ0) is 28.5. The number of nitrogens with one attached hydrogen (secondary N) is 1. The molecule has 2 fully saturated rings. The minimum atomic E-state index is -0.377. The molecule has 3 atom stereocenters. The predicted octanol–water partition coefficient (Wildman–Crippen LogP) is 7.80. The summed E-state index contributed by atoms with van der Waals surface area (Å²) >= 11 is 1.60. The van der Waals surface area contributed by atoms with Gasteiger partial charge in [0.05, 0.1) is 9.83 Å². The highest BCUT2D eigenvalue weighted by Crippen LogP contribution is 2.43. The number of carbonyl (C=O) groups is 1. The summed E-state index contributed by atoms with van der Waals surface area (Å²) in [6.07, 6.45) is 6.62. The van der Waals surface area contributed by atoms with Crippen LogP contribution in [-0.2, 0) is 11.3 Å². The molecule has 1 amide bonds. The van der Waals surface area contributed by atoms with Crippen molar-refractivity contribution in [1.82, 2.24) is 9.47 Å². The van der Waals surface area contributed by atoms with Crippen LogP contribution in [0.2, 0.25) is 0 Å². The lowest BCUT2D eigenvalue weighted by atomic mass is 9.85. The molecule has 4 aromatic rings. The molecule has 1 saturated carbocycles. The number of anilines is 1. The van der Waals surface area contributed by atoms with Crippen LogP contribution < -0.4 is 5.32 Å². The number of nitrogens with zero attached hydrogens (tertiary/aromatic N) is 3. The second kappa shape index (κ2) is 11.4. The van der Waals surface area contributed by atoms with Crippen molar-refractivity contribution < 1.29 is 9.72 Å². The number of thioether (sulfide) groups is 1. The Morgan fingerprint density at radius 1 is 1.00 bits per heavy atom. The van der Waals surface area contributed by atoms with Gasteiger partial charge in [0.1, 0.15) is 0 Å². The third-order valence-electron chi connectivity index (χ3n) is 8.47. The summed E-state index contributed by atoms with van der Waals surface area (Å²) in [7, 11) is 0. The number of hydrogen-bond acceptors (Lipinski definition) is 5. The fourth-order valence-corrected chi connectivity index (χ4v) is 7.44. The molecule has 2 heterocycles. The SMILES string of the molecule is Cc1c(/C=C2\SC(Nc3ccccc3)N([C@H]3CCCC[C@H]3C)C2=O)c2ccccc2n1Cc1ccc([N+](=O)[O-])cc1. The maximum atomic E-state index is 14.1. The summed E-state index contributed by atoms with van der Waals surface area (Å²) in [4.78, 5) is 27.7. The van der Waals surface area contributed by atoms with Crippen LogP contribution in [-0.4, -0.2) is 31.8 Å². The van der Waals surface area contributed by atoms with Gasteiger partial charge in [0.25, 0.3) is 11.6 Å². The van der Waals surface area contributed by atoms with Crippen LogP contribution in [0.4, 0.5) is 11.4 Å². The molecule has 1 unspecified atom stereocenters. The van der Waals surface area contributed by atoms with Gasteiger partial charge < -0.3 is 14.8 Å². The average Bonchev–Trinajstić information content (AvgIpc) is 3.42. The smallest absolute Gasteiger partial charge is 0.269 e. The third kappa shape index (κ3) is 5.36. The summed E-state index contributed by atoms with van der Waals surface area (Å²) in [5.74, 6) is 0.548. The summed E-state index contributed by atoms with van der Waals surface area (Å²) in [5.41, 5.74) is 5.06. The molecule has 1 aromatic heterocycles. The van der Waals surface area contributed by atoms with Gasteiger partial charge >= 0.3 is 0 Å². The molecule has 1 aliphatic carbocycles. The van der Waals surface area contributed by atoms with Gasteiger partial charge in [0.2, 0.25) is 0 Å². The Labute approximate surface area is 244 Å². The molecule has 8 heteroatoms. The van der Waals surface area contributed by atoms with Gasteiger partial charge in [-0.2, -0.15) is 0 Å². The van der Waals surface area contributed by atoms with Crippen LogP contribution in [0, 0.1) is 23.0 Å². The van der Waals surface area contributed by atoms with E-state index in [2.05, 4.69) is 46.8 Å². The lowest BCUT2D eigenvalue weighted by Gasteiger charge is -2.39. The zero-order valence-electron chi connectivity index (χ0n) is 23.3. The van der Waals surface area contributed by atoms with Crippen molar-refractivity contribution >= 4 is 46.0 Å². The van der Waals surface area contributed by atoms with Crippen LogP contribution in [0.1, 0.15) is 49.4 Å². The van der Waals surface area contributed by atoms with E-state index >= 15 is 0 Å². The van der Waals surface area contributed by atoms with Crippen LogP contribution in [0.15, 0.2) is 83.8 Å². The van der Waals surface area contributed by atoms with Gasteiger partial charge in [-0.05, 0) is 55.5 Å². The van der Waals surface area contributed by atoms with Gasteiger partial charge in [0, 0.05) is 52.6 Å². The van der Waals surface area contributed by atoms with E-state index in [-0.39, 0.29) is 28.1 Å². The van der Waals surface area contributed by atoms with Crippen molar-refractivity contribution in [3.8, 4) is 0 Å². The second-order valence-corrected chi connectivity index (χ2v) is 12.2. The van der Waals surface area contributed by atoms with Crippen LogP contribution in [0.5, 0.6) is 0 Å². The molecule has 0 spiro atoms. The number of non-ortho nitro benzene ring substituents is 1. The molecule has 210 valence electrons. The first-order chi connectivity index (χ1) is 19.9. The molecular weight excluding hydrogens is 532 g/mol. The molecule has 1 N–H and O–H groups in total. The molecule has 1 aliphatic heterocycles. The normalized spacial score (nSPS) is 22.0. The fourth-order valence-electron chi connectivity index (χ4n) is 6.25. The van der Waals surface area contributed by atoms with Gasteiger partial charge in [0.15, 0.2) is 5.50 Å². The highest BCUT2D eigenvalue weighted by molar-refractivity contribution is 8.05. The topological polar surface area (TPSA) is 80.4 Å². The molecule has 3 aromatic carbocycles. The summed E-state index contributed by atoms with van der Waals surface area (Å²) < 4.78 is 2.23. The first kappa shape index (κ1) is 27.1. The summed E-state index contributed by atoms with van der Waals surface area (Å²) in [6, 6.07) is 25.3. The Balaban J connectivity index is 1.37. The molecule has 41 heavy (non-hydrogen) atoms. The fraction of sp³-hybridized carbons (Fsp3) is 0.303. The second-order valence-electron chi connectivity index (χ2n) is 11.1. The van der Waals surface area contributed by atoms with E-state index in [1.807, 2.05) is 54.6 Å². The Morgan fingerprint density at radius 2 is 1.71 bits per heavy atom. The maximum Gasteiger partial charge on any atom is 0.269 e. The standard InChI is InChI=1S/C33H34N4O3S/c1-22-10-6-8-14-29(22)36-32(38)31(41-33(36)34-25-11-4-3-5-12-25)20-28-23(2)35(30-15-9-7-13-27(28)30)21-24-16-18-26(19-17-24)37(39)40/h3-5,7,9,11-13,15-20,22,29,33-34H,6,8,10,14,21H2,1-2H3/b31-20-/t22-,29+,33?/m1/s1.